The molecule has 0 radical (unpaired) electrons. The van der Waals surface area contributed by atoms with Gasteiger partial charge in [-0.1, -0.05) is 29.3 Å². The van der Waals surface area contributed by atoms with Crippen LogP contribution in [0.2, 0.25) is 5.02 Å². The van der Waals surface area contributed by atoms with Gasteiger partial charge in [-0.3, -0.25) is 14.9 Å². The van der Waals surface area contributed by atoms with Crippen molar-refractivity contribution in [3.63, 3.8) is 0 Å². The molecule has 0 unspecified atom stereocenters. The van der Waals surface area contributed by atoms with E-state index in [2.05, 4.69) is 5.32 Å². The van der Waals surface area contributed by atoms with Crippen LogP contribution in [0.3, 0.4) is 0 Å². The number of hydrogen-bond donors (Lipinski definition) is 1. The topological polar surface area (TPSA) is 103 Å². The Bertz CT molecular complexity index is 1390. The normalized spacial score (nSPS) is 14.4. The van der Waals surface area contributed by atoms with Gasteiger partial charge in [-0.15, -0.1) is 0 Å². The zero-order chi connectivity index (χ0) is 27.2. The molecule has 4 amide bonds. The Hall–Kier alpha value is -4.50. The van der Waals surface area contributed by atoms with Crippen LogP contribution in [0.5, 0.6) is 23.0 Å². The summed E-state index contributed by atoms with van der Waals surface area (Å²) in [7, 11) is 2.95. The van der Waals surface area contributed by atoms with E-state index < -0.39 is 17.8 Å². The first-order valence-corrected chi connectivity index (χ1v) is 11.9. The lowest BCUT2D eigenvalue weighted by Crippen LogP contribution is -2.54. The molecule has 0 aromatic heterocycles. The van der Waals surface area contributed by atoms with E-state index in [1.807, 2.05) is 31.2 Å². The number of urea groups is 1. The van der Waals surface area contributed by atoms with Crippen molar-refractivity contribution in [2.45, 2.75) is 6.92 Å². The Morgan fingerprint density at radius 1 is 0.868 bits per heavy atom. The molecule has 1 aliphatic rings. The van der Waals surface area contributed by atoms with Crippen LogP contribution in [0.1, 0.15) is 11.1 Å². The molecule has 0 atom stereocenters. The summed E-state index contributed by atoms with van der Waals surface area (Å²) in [6.45, 7) is 2.47. The van der Waals surface area contributed by atoms with Crippen LogP contribution in [0.25, 0.3) is 6.08 Å². The highest BCUT2D eigenvalue weighted by atomic mass is 35.5. The summed E-state index contributed by atoms with van der Waals surface area (Å²) in [6, 6.07) is 16.2. The van der Waals surface area contributed by atoms with Crippen LogP contribution in [0.15, 0.2) is 66.2 Å². The number of nitrogens with one attached hydrogen (secondary N) is 1. The van der Waals surface area contributed by atoms with Crippen LogP contribution in [0.4, 0.5) is 10.5 Å². The number of carbonyl (C=O) groups excluding carboxylic acids is 3. The van der Waals surface area contributed by atoms with Gasteiger partial charge >= 0.3 is 6.03 Å². The fourth-order valence-electron chi connectivity index (χ4n) is 3.69. The van der Waals surface area contributed by atoms with Gasteiger partial charge in [0.2, 0.25) is 0 Å². The summed E-state index contributed by atoms with van der Waals surface area (Å²) >= 11 is 6.46. The second-order valence-electron chi connectivity index (χ2n) is 8.20. The van der Waals surface area contributed by atoms with Gasteiger partial charge in [-0.05, 0) is 67.1 Å². The van der Waals surface area contributed by atoms with E-state index >= 15 is 0 Å². The van der Waals surface area contributed by atoms with Crippen LogP contribution >= 0.6 is 11.6 Å². The van der Waals surface area contributed by atoms with Gasteiger partial charge in [0.05, 0.1) is 24.9 Å². The molecule has 0 bridgehead atoms. The van der Waals surface area contributed by atoms with E-state index in [-0.39, 0.29) is 29.5 Å². The average molecular weight is 537 g/mol. The monoisotopic (exact) mass is 536 g/mol. The number of methoxy groups -OCH3 is 2. The fourth-order valence-corrected chi connectivity index (χ4v) is 3.96. The fraction of sp³-hybridized carbons (Fsp3) is 0.179. The molecular formula is C28H25ClN2O7. The summed E-state index contributed by atoms with van der Waals surface area (Å²) in [6.07, 6.45) is 1.33. The molecule has 9 nitrogen and oxygen atoms in total. The van der Waals surface area contributed by atoms with Gasteiger partial charge in [0, 0.05) is 0 Å². The second-order valence-corrected chi connectivity index (χ2v) is 8.61. The van der Waals surface area contributed by atoms with Gasteiger partial charge in [-0.25, -0.2) is 9.69 Å². The highest BCUT2D eigenvalue weighted by Crippen LogP contribution is 2.37. The maximum atomic E-state index is 13.2. The van der Waals surface area contributed by atoms with Crippen LogP contribution in [-0.2, 0) is 9.59 Å². The molecular weight excluding hydrogens is 512 g/mol. The van der Waals surface area contributed by atoms with Crippen molar-refractivity contribution in [2.24, 2.45) is 0 Å². The zero-order valence-electron chi connectivity index (χ0n) is 20.9. The number of nitrogens with zero attached hydrogens (tertiary/aromatic N) is 1. The minimum absolute atomic E-state index is 0.199. The minimum Gasteiger partial charge on any atom is -0.497 e. The number of carbonyl (C=O) groups is 3. The predicted octanol–water partition coefficient (Wildman–Crippen LogP) is 4.79. The molecule has 3 aromatic carbocycles. The summed E-state index contributed by atoms with van der Waals surface area (Å²) in [4.78, 5) is 39.0. The van der Waals surface area contributed by atoms with E-state index in [1.54, 1.807) is 18.2 Å². The molecule has 1 heterocycles. The highest BCUT2D eigenvalue weighted by Gasteiger charge is 2.37. The quantitative estimate of drug-likeness (QED) is 0.238. The molecule has 0 saturated carbocycles. The smallest absolute Gasteiger partial charge is 0.335 e. The SMILES string of the molecule is COc1ccc(N2C(=O)NC(=O)/C(=C\c3cc(Cl)c(OCCOc4ccc(C)cc4)c(OC)c3)C2=O)cc1. The summed E-state index contributed by atoms with van der Waals surface area (Å²) in [5, 5.41) is 2.39. The van der Waals surface area contributed by atoms with E-state index in [0.717, 1.165) is 16.2 Å². The number of aryl methyl sites for hydroxylation is 1. The molecule has 1 fully saturated rings. The summed E-state index contributed by atoms with van der Waals surface area (Å²) in [5.74, 6) is 0.249. The standard InChI is InChI=1S/C28H25ClN2O7/c1-17-4-8-21(9-5-17)37-12-13-38-25-23(29)15-18(16-24(25)36-3)14-22-26(32)30-28(34)31(27(22)33)19-6-10-20(35-2)11-7-19/h4-11,14-16H,12-13H2,1-3H3,(H,30,32,34)/b22-14+. The first kappa shape index (κ1) is 26.6. The van der Waals surface area contributed by atoms with Gasteiger partial charge < -0.3 is 18.9 Å². The molecule has 1 aliphatic heterocycles. The Kier molecular flexibility index (Phi) is 8.18. The van der Waals surface area contributed by atoms with Gasteiger partial charge in [0.15, 0.2) is 11.5 Å². The van der Waals surface area contributed by atoms with Crippen LogP contribution in [0, 0.1) is 6.92 Å². The molecule has 0 spiro atoms. The van der Waals surface area contributed by atoms with Crippen molar-refractivity contribution in [1.82, 2.24) is 5.32 Å². The molecule has 1 saturated heterocycles. The lowest BCUT2D eigenvalue weighted by molar-refractivity contribution is -0.122. The molecule has 3 aromatic rings. The number of halogens is 1. The Morgan fingerprint density at radius 2 is 1.53 bits per heavy atom. The van der Waals surface area contributed by atoms with Crippen molar-refractivity contribution >= 4 is 41.2 Å². The number of rotatable bonds is 9. The third-order valence-electron chi connectivity index (χ3n) is 5.61. The molecule has 196 valence electrons. The second kappa shape index (κ2) is 11.7. The van der Waals surface area contributed by atoms with Crippen molar-refractivity contribution in [1.29, 1.82) is 0 Å². The first-order valence-electron chi connectivity index (χ1n) is 11.6. The lowest BCUT2D eigenvalue weighted by Gasteiger charge is -2.26. The Morgan fingerprint density at radius 3 is 2.18 bits per heavy atom. The van der Waals surface area contributed by atoms with Gasteiger partial charge in [0.1, 0.15) is 30.3 Å². The summed E-state index contributed by atoms with van der Waals surface area (Å²) in [5.41, 5.74) is 1.56. The number of barbiturate groups is 1. The predicted molar refractivity (Wildman–Crippen MR) is 142 cm³/mol. The molecule has 38 heavy (non-hydrogen) atoms. The molecule has 4 rings (SSSR count). The van der Waals surface area contributed by atoms with Gasteiger partial charge in [0.25, 0.3) is 11.8 Å². The van der Waals surface area contributed by atoms with Crippen LogP contribution in [-0.4, -0.2) is 45.3 Å². The first-order chi connectivity index (χ1) is 18.3. The number of imide groups is 2. The van der Waals surface area contributed by atoms with Crippen molar-refractivity contribution in [3.8, 4) is 23.0 Å². The highest BCUT2D eigenvalue weighted by molar-refractivity contribution is 6.39. The maximum Gasteiger partial charge on any atom is 0.335 e. The summed E-state index contributed by atoms with van der Waals surface area (Å²) < 4.78 is 22.0. The Labute approximate surface area is 224 Å². The third kappa shape index (κ3) is 5.90. The number of anilines is 1. The van der Waals surface area contributed by atoms with E-state index in [9.17, 15) is 14.4 Å². The Balaban J connectivity index is 1.52. The zero-order valence-corrected chi connectivity index (χ0v) is 21.7. The molecule has 10 heteroatoms. The third-order valence-corrected chi connectivity index (χ3v) is 5.90. The van der Waals surface area contributed by atoms with Gasteiger partial charge in [-0.2, -0.15) is 0 Å². The lowest BCUT2D eigenvalue weighted by atomic mass is 10.1. The number of benzene rings is 3. The average Bonchev–Trinajstić information content (AvgIpc) is 2.91. The van der Waals surface area contributed by atoms with Crippen molar-refractivity contribution < 1.29 is 33.3 Å². The molecule has 0 aliphatic carbocycles. The number of amides is 4. The maximum absolute atomic E-state index is 13.2. The van der Waals surface area contributed by atoms with E-state index in [1.165, 1.54) is 38.5 Å². The molecule has 1 N–H and O–H groups in total. The number of hydrogen-bond acceptors (Lipinski definition) is 7. The van der Waals surface area contributed by atoms with E-state index in [0.29, 0.717) is 22.8 Å². The minimum atomic E-state index is -0.852. The largest absolute Gasteiger partial charge is 0.497 e. The van der Waals surface area contributed by atoms with E-state index in [4.69, 9.17) is 30.5 Å². The number of ether oxygens (including phenoxy) is 4. The van der Waals surface area contributed by atoms with Crippen LogP contribution < -0.4 is 29.2 Å². The van der Waals surface area contributed by atoms with Crippen molar-refractivity contribution in [2.75, 3.05) is 32.3 Å². The van der Waals surface area contributed by atoms with Crippen molar-refractivity contribution in [3.05, 3.63) is 82.4 Å².